The minimum Gasteiger partial charge on any atom is -0.496 e. The Bertz CT molecular complexity index is 834. The molecule has 0 fully saturated rings. The van der Waals surface area contributed by atoms with Crippen molar-refractivity contribution in [1.29, 1.82) is 0 Å². The molecule has 1 N–H and O–H groups in total. The second kappa shape index (κ2) is 8.71. The second-order valence-electron chi connectivity index (χ2n) is 5.60. The van der Waals surface area contributed by atoms with Crippen molar-refractivity contribution in [3.05, 3.63) is 68.7 Å². The van der Waals surface area contributed by atoms with Gasteiger partial charge in [-0.05, 0) is 42.8 Å². The van der Waals surface area contributed by atoms with Crippen LogP contribution in [0.2, 0.25) is 10.0 Å². The smallest absolute Gasteiger partial charge is 0.265 e. The zero-order valence-corrected chi connectivity index (χ0v) is 16.4. The van der Waals surface area contributed by atoms with Gasteiger partial charge in [-0.15, -0.1) is 11.8 Å². The molecule has 7 heteroatoms. The molecule has 0 radical (unpaired) electrons. The lowest BCUT2D eigenvalue weighted by Crippen LogP contribution is -2.18. The molecule has 1 heterocycles. The summed E-state index contributed by atoms with van der Waals surface area (Å²) < 4.78 is 11.3. The molecule has 0 aliphatic carbocycles. The van der Waals surface area contributed by atoms with Crippen LogP contribution in [0.3, 0.4) is 0 Å². The average Bonchev–Trinajstić information content (AvgIpc) is 2.60. The number of benzene rings is 2. The maximum Gasteiger partial charge on any atom is 0.265 e. The minimum absolute atomic E-state index is 0.200. The predicted octanol–water partition coefficient (Wildman–Crippen LogP) is 5.51. The molecule has 0 bridgehead atoms. The average molecular weight is 410 g/mol. The van der Waals surface area contributed by atoms with Gasteiger partial charge in [0, 0.05) is 15.8 Å². The molecular formula is C19H17Cl2NO3S. The third kappa shape index (κ3) is 4.87. The van der Waals surface area contributed by atoms with Gasteiger partial charge in [0.15, 0.2) is 0 Å². The van der Waals surface area contributed by atoms with E-state index in [-0.39, 0.29) is 12.5 Å². The maximum absolute atomic E-state index is 12.5. The van der Waals surface area contributed by atoms with Crippen LogP contribution in [0.1, 0.15) is 12.5 Å². The Labute approximate surface area is 166 Å². The molecule has 1 aliphatic rings. The van der Waals surface area contributed by atoms with Crippen LogP contribution in [0, 0.1) is 0 Å². The Kier molecular flexibility index (Phi) is 6.35. The van der Waals surface area contributed by atoms with Gasteiger partial charge in [-0.2, -0.15) is 0 Å². The SMILES string of the molecule is CC1=C(C(=O)Nc2ccccc2OCc2cc(Cl)cc(Cl)c2)SCCO1. The van der Waals surface area contributed by atoms with E-state index in [9.17, 15) is 4.79 Å². The third-order valence-corrected chi connectivity index (χ3v) is 5.19. The van der Waals surface area contributed by atoms with E-state index in [0.29, 0.717) is 38.8 Å². The minimum atomic E-state index is -0.200. The second-order valence-corrected chi connectivity index (χ2v) is 7.58. The molecular weight excluding hydrogens is 393 g/mol. The topological polar surface area (TPSA) is 47.6 Å². The summed E-state index contributed by atoms with van der Waals surface area (Å²) in [7, 11) is 0. The van der Waals surface area contributed by atoms with Crippen molar-refractivity contribution in [3.63, 3.8) is 0 Å². The fourth-order valence-corrected chi connectivity index (χ4v) is 3.85. The number of rotatable bonds is 5. The van der Waals surface area contributed by atoms with Crippen molar-refractivity contribution in [3.8, 4) is 5.75 Å². The molecule has 0 atom stereocenters. The van der Waals surface area contributed by atoms with Crippen molar-refractivity contribution in [1.82, 2.24) is 0 Å². The van der Waals surface area contributed by atoms with Crippen molar-refractivity contribution < 1.29 is 14.3 Å². The number of hydrogen-bond acceptors (Lipinski definition) is 4. The van der Waals surface area contributed by atoms with E-state index in [2.05, 4.69) is 5.32 Å². The van der Waals surface area contributed by atoms with E-state index in [0.717, 1.165) is 11.3 Å². The summed E-state index contributed by atoms with van der Waals surface area (Å²) in [6.07, 6.45) is 0. The molecule has 0 saturated carbocycles. The Balaban J connectivity index is 1.73. The van der Waals surface area contributed by atoms with Crippen molar-refractivity contribution in [2.45, 2.75) is 13.5 Å². The fraction of sp³-hybridized carbons (Fsp3) is 0.211. The van der Waals surface area contributed by atoms with Gasteiger partial charge in [0.1, 0.15) is 23.0 Å². The predicted molar refractivity (Wildman–Crippen MR) is 107 cm³/mol. The maximum atomic E-state index is 12.5. The Morgan fingerprint density at radius 3 is 2.69 bits per heavy atom. The monoisotopic (exact) mass is 409 g/mol. The highest BCUT2D eigenvalue weighted by Crippen LogP contribution is 2.30. The number of ether oxygens (including phenoxy) is 2. The molecule has 3 rings (SSSR count). The number of thioether (sulfide) groups is 1. The third-order valence-electron chi connectivity index (χ3n) is 3.63. The van der Waals surface area contributed by atoms with Gasteiger partial charge in [-0.1, -0.05) is 35.3 Å². The first-order valence-electron chi connectivity index (χ1n) is 7.97. The van der Waals surface area contributed by atoms with Crippen molar-refractivity contribution >= 4 is 46.6 Å². The highest BCUT2D eigenvalue weighted by Gasteiger charge is 2.20. The summed E-state index contributed by atoms with van der Waals surface area (Å²) in [4.78, 5) is 13.1. The quantitative estimate of drug-likeness (QED) is 0.707. The number of amides is 1. The molecule has 1 amide bonds. The highest BCUT2D eigenvalue weighted by atomic mass is 35.5. The molecule has 0 spiro atoms. The summed E-state index contributed by atoms with van der Waals surface area (Å²) in [5.74, 6) is 1.77. The lowest BCUT2D eigenvalue weighted by molar-refractivity contribution is -0.112. The van der Waals surface area contributed by atoms with Gasteiger partial charge in [0.05, 0.1) is 12.3 Å². The van der Waals surface area contributed by atoms with Gasteiger partial charge < -0.3 is 14.8 Å². The molecule has 0 unspecified atom stereocenters. The van der Waals surface area contributed by atoms with Crippen molar-refractivity contribution in [2.75, 3.05) is 17.7 Å². The van der Waals surface area contributed by atoms with Crippen LogP contribution < -0.4 is 10.1 Å². The summed E-state index contributed by atoms with van der Waals surface area (Å²) in [5.41, 5.74) is 1.44. The Hall–Kier alpha value is -1.82. The number of para-hydroxylation sites is 2. The highest BCUT2D eigenvalue weighted by molar-refractivity contribution is 8.04. The van der Waals surface area contributed by atoms with E-state index in [1.165, 1.54) is 11.8 Å². The van der Waals surface area contributed by atoms with Crippen LogP contribution in [-0.2, 0) is 16.1 Å². The summed E-state index contributed by atoms with van der Waals surface area (Å²) in [6.45, 7) is 2.70. The van der Waals surface area contributed by atoms with Crippen molar-refractivity contribution in [2.24, 2.45) is 0 Å². The largest absolute Gasteiger partial charge is 0.496 e. The van der Waals surface area contributed by atoms with Gasteiger partial charge in [-0.3, -0.25) is 4.79 Å². The van der Waals surface area contributed by atoms with Crippen LogP contribution >= 0.6 is 35.0 Å². The van der Waals surface area contributed by atoms with Crippen LogP contribution in [0.5, 0.6) is 5.75 Å². The van der Waals surface area contributed by atoms with Crippen LogP contribution in [0.15, 0.2) is 53.1 Å². The van der Waals surface area contributed by atoms with Crippen LogP contribution in [0.25, 0.3) is 0 Å². The van der Waals surface area contributed by atoms with E-state index < -0.39 is 0 Å². The van der Waals surface area contributed by atoms with Gasteiger partial charge >= 0.3 is 0 Å². The molecule has 2 aromatic rings. The number of allylic oxidation sites excluding steroid dienone is 1. The van der Waals surface area contributed by atoms with E-state index in [1.807, 2.05) is 12.1 Å². The molecule has 136 valence electrons. The van der Waals surface area contributed by atoms with Crippen LogP contribution in [-0.4, -0.2) is 18.3 Å². The summed E-state index contributed by atoms with van der Waals surface area (Å²) >= 11 is 13.5. The number of nitrogens with one attached hydrogen (secondary N) is 1. The van der Waals surface area contributed by atoms with Gasteiger partial charge in [-0.25, -0.2) is 0 Å². The first kappa shape index (κ1) is 19.0. The number of hydrogen-bond donors (Lipinski definition) is 1. The van der Waals surface area contributed by atoms with E-state index >= 15 is 0 Å². The standard InChI is InChI=1S/C19H17Cl2NO3S/c1-12-18(26-7-6-24-12)19(23)22-16-4-2-3-5-17(16)25-11-13-8-14(20)10-15(21)9-13/h2-5,8-10H,6-7,11H2,1H3,(H,22,23). The lowest BCUT2D eigenvalue weighted by atomic mass is 10.2. The van der Waals surface area contributed by atoms with Gasteiger partial charge in [0.25, 0.3) is 5.91 Å². The lowest BCUT2D eigenvalue weighted by Gasteiger charge is -2.18. The van der Waals surface area contributed by atoms with Crippen LogP contribution in [0.4, 0.5) is 5.69 Å². The number of carbonyl (C=O) groups is 1. The Morgan fingerprint density at radius 1 is 1.23 bits per heavy atom. The van der Waals surface area contributed by atoms with E-state index in [4.69, 9.17) is 32.7 Å². The summed E-state index contributed by atoms with van der Waals surface area (Å²) in [6, 6.07) is 12.5. The molecule has 26 heavy (non-hydrogen) atoms. The first-order chi connectivity index (χ1) is 12.5. The number of halogens is 2. The zero-order chi connectivity index (χ0) is 18.5. The molecule has 0 saturated heterocycles. The number of anilines is 1. The van der Waals surface area contributed by atoms with Gasteiger partial charge in [0.2, 0.25) is 0 Å². The Morgan fingerprint density at radius 2 is 1.96 bits per heavy atom. The zero-order valence-electron chi connectivity index (χ0n) is 14.1. The van der Waals surface area contributed by atoms with E-state index in [1.54, 1.807) is 37.3 Å². The fourth-order valence-electron chi connectivity index (χ4n) is 2.46. The summed E-state index contributed by atoms with van der Waals surface area (Å²) in [5, 5.41) is 4.00. The molecule has 4 nitrogen and oxygen atoms in total. The molecule has 1 aliphatic heterocycles. The molecule has 0 aromatic heterocycles. The molecule has 2 aromatic carbocycles. The number of carbonyl (C=O) groups excluding carboxylic acids is 1. The first-order valence-corrected chi connectivity index (χ1v) is 9.71. The normalized spacial score (nSPS) is 14.0.